The predicted molar refractivity (Wildman–Crippen MR) is 91.7 cm³/mol. The molecule has 7 heteroatoms. The molecule has 1 fully saturated rings. The van der Waals surface area contributed by atoms with Gasteiger partial charge in [0.05, 0.1) is 6.04 Å². The average molecular weight is 327 g/mol. The number of carbonyl (C=O) groups is 2. The van der Waals surface area contributed by atoms with Gasteiger partial charge in [0.2, 0.25) is 11.8 Å². The molecule has 1 aliphatic rings. The lowest BCUT2D eigenvalue weighted by Gasteiger charge is -2.14. The van der Waals surface area contributed by atoms with Crippen LogP contribution in [0.25, 0.3) is 0 Å². The van der Waals surface area contributed by atoms with E-state index in [2.05, 4.69) is 21.0 Å². The Morgan fingerprint density at radius 1 is 1.29 bits per heavy atom. The van der Waals surface area contributed by atoms with Crippen LogP contribution in [0.2, 0.25) is 0 Å². The maximum absolute atomic E-state index is 12.3. The number of nitrogens with one attached hydrogen (secondary N) is 3. The third-order valence-electron chi connectivity index (χ3n) is 4.08. The van der Waals surface area contributed by atoms with Gasteiger partial charge in [0, 0.05) is 23.8 Å². The van der Waals surface area contributed by atoms with Crippen LogP contribution in [0.4, 0.5) is 11.4 Å². The van der Waals surface area contributed by atoms with E-state index in [-0.39, 0.29) is 17.9 Å². The monoisotopic (exact) mass is 327 g/mol. The minimum atomic E-state index is -0.416. The molecule has 2 atom stereocenters. The van der Waals surface area contributed by atoms with E-state index in [1.165, 1.54) is 0 Å². The number of rotatable bonds is 5. The van der Waals surface area contributed by atoms with E-state index < -0.39 is 6.04 Å². The molecule has 2 unspecified atom stereocenters. The van der Waals surface area contributed by atoms with Crippen LogP contribution < -0.4 is 16.0 Å². The summed E-state index contributed by atoms with van der Waals surface area (Å²) in [5.41, 5.74) is 1.30. The Balaban J connectivity index is 1.62. The molecule has 7 nitrogen and oxygen atoms in total. The zero-order chi connectivity index (χ0) is 16.9. The lowest BCUT2D eigenvalue weighted by molar-refractivity contribution is -0.119. The fraction of sp³-hybridized carbons (Fsp3) is 0.353. The van der Waals surface area contributed by atoms with Gasteiger partial charge in [0.1, 0.15) is 6.04 Å². The van der Waals surface area contributed by atoms with Gasteiger partial charge in [-0.15, -0.1) is 0 Å². The van der Waals surface area contributed by atoms with Crippen molar-refractivity contribution in [3.8, 4) is 0 Å². The van der Waals surface area contributed by atoms with Gasteiger partial charge >= 0.3 is 0 Å². The molecule has 0 aliphatic carbocycles. The zero-order valence-corrected chi connectivity index (χ0v) is 13.5. The van der Waals surface area contributed by atoms with E-state index in [0.717, 1.165) is 19.4 Å². The fourth-order valence-electron chi connectivity index (χ4n) is 2.69. The van der Waals surface area contributed by atoms with Crippen molar-refractivity contribution in [3.05, 3.63) is 42.7 Å². The van der Waals surface area contributed by atoms with Crippen molar-refractivity contribution in [1.29, 1.82) is 0 Å². The molecule has 1 aromatic heterocycles. The molecule has 1 saturated heterocycles. The lowest BCUT2D eigenvalue weighted by Crippen LogP contribution is -2.35. The Bertz CT molecular complexity index is 708. The Labute approximate surface area is 140 Å². The first kappa shape index (κ1) is 16.2. The summed E-state index contributed by atoms with van der Waals surface area (Å²) in [7, 11) is 0. The summed E-state index contributed by atoms with van der Waals surface area (Å²) in [5, 5.41) is 13.0. The standard InChI is InChI=1S/C17H21N5O2/c1-12(22-10-4-9-19-22)16(23)20-13-5-2-6-14(11-13)21-17(24)15-7-3-8-18-15/h2,4-6,9-12,15,18H,3,7-8H2,1H3,(H,20,23)(H,21,24). The quantitative estimate of drug-likeness (QED) is 0.781. The number of benzene rings is 1. The number of aromatic nitrogens is 2. The van der Waals surface area contributed by atoms with Gasteiger partial charge < -0.3 is 16.0 Å². The smallest absolute Gasteiger partial charge is 0.248 e. The molecule has 0 bridgehead atoms. The number of amides is 2. The van der Waals surface area contributed by atoms with Crippen molar-refractivity contribution in [3.63, 3.8) is 0 Å². The SMILES string of the molecule is CC(C(=O)Nc1cccc(NC(=O)C2CCCN2)c1)n1cccn1. The van der Waals surface area contributed by atoms with Crippen LogP contribution in [0.15, 0.2) is 42.7 Å². The number of hydrogen-bond donors (Lipinski definition) is 3. The topological polar surface area (TPSA) is 88.0 Å². The Kier molecular flexibility index (Phi) is 4.90. The van der Waals surface area contributed by atoms with Crippen molar-refractivity contribution < 1.29 is 9.59 Å². The molecule has 0 radical (unpaired) electrons. The zero-order valence-electron chi connectivity index (χ0n) is 13.5. The largest absolute Gasteiger partial charge is 0.325 e. The van der Waals surface area contributed by atoms with Gasteiger partial charge in [-0.05, 0) is 50.6 Å². The van der Waals surface area contributed by atoms with Gasteiger partial charge in [0.15, 0.2) is 0 Å². The molecule has 3 rings (SSSR count). The summed E-state index contributed by atoms with van der Waals surface area (Å²) in [6, 6.07) is 8.36. The van der Waals surface area contributed by atoms with E-state index in [0.29, 0.717) is 11.4 Å². The highest BCUT2D eigenvalue weighted by molar-refractivity contribution is 5.97. The molecule has 2 amide bonds. The molecule has 2 aromatic rings. The van der Waals surface area contributed by atoms with Crippen LogP contribution in [-0.2, 0) is 9.59 Å². The third kappa shape index (κ3) is 3.80. The Morgan fingerprint density at radius 3 is 2.75 bits per heavy atom. The van der Waals surface area contributed by atoms with E-state index in [9.17, 15) is 9.59 Å². The van der Waals surface area contributed by atoms with Gasteiger partial charge in [-0.3, -0.25) is 14.3 Å². The van der Waals surface area contributed by atoms with Crippen molar-refractivity contribution >= 4 is 23.2 Å². The summed E-state index contributed by atoms with van der Waals surface area (Å²) in [5.74, 6) is -0.208. The van der Waals surface area contributed by atoms with Crippen molar-refractivity contribution in [2.24, 2.45) is 0 Å². The fourth-order valence-corrected chi connectivity index (χ4v) is 2.69. The van der Waals surface area contributed by atoms with Crippen molar-refractivity contribution in [1.82, 2.24) is 15.1 Å². The summed E-state index contributed by atoms with van der Waals surface area (Å²) in [6.07, 6.45) is 5.25. The second kappa shape index (κ2) is 7.27. The van der Waals surface area contributed by atoms with Gasteiger partial charge in [-0.25, -0.2) is 0 Å². The first-order chi connectivity index (χ1) is 11.6. The molecular formula is C17H21N5O2. The van der Waals surface area contributed by atoms with Crippen LogP contribution in [0.1, 0.15) is 25.8 Å². The normalized spacial score (nSPS) is 18.1. The third-order valence-corrected chi connectivity index (χ3v) is 4.08. The number of nitrogens with zero attached hydrogens (tertiary/aromatic N) is 2. The van der Waals surface area contributed by atoms with E-state index in [1.54, 1.807) is 54.3 Å². The van der Waals surface area contributed by atoms with Crippen LogP contribution in [-0.4, -0.2) is 34.2 Å². The first-order valence-corrected chi connectivity index (χ1v) is 8.08. The molecule has 1 aromatic carbocycles. The maximum Gasteiger partial charge on any atom is 0.248 e. The molecule has 0 saturated carbocycles. The second-order valence-electron chi connectivity index (χ2n) is 5.87. The summed E-state index contributed by atoms with van der Waals surface area (Å²) < 4.78 is 1.59. The van der Waals surface area contributed by atoms with Crippen LogP contribution in [0, 0.1) is 0 Å². The van der Waals surface area contributed by atoms with Gasteiger partial charge in [-0.1, -0.05) is 6.07 Å². The summed E-state index contributed by atoms with van der Waals surface area (Å²) in [6.45, 7) is 2.65. The maximum atomic E-state index is 12.3. The number of hydrogen-bond acceptors (Lipinski definition) is 4. The first-order valence-electron chi connectivity index (χ1n) is 8.08. The second-order valence-corrected chi connectivity index (χ2v) is 5.87. The van der Waals surface area contributed by atoms with E-state index >= 15 is 0 Å². The minimum Gasteiger partial charge on any atom is -0.325 e. The highest BCUT2D eigenvalue weighted by atomic mass is 16.2. The van der Waals surface area contributed by atoms with Gasteiger partial charge in [0.25, 0.3) is 0 Å². The number of anilines is 2. The Hall–Kier alpha value is -2.67. The highest BCUT2D eigenvalue weighted by Crippen LogP contribution is 2.18. The van der Waals surface area contributed by atoms with E-state index in [4.69, 9.17) is 0 Å². The molecule has 126 valence electrons. The summed E-state index contributed by atoms with van der Waals surface area (Å²) >= 11 is 0. The number of carbonyl (C=O) groups excluding carboxylic acids is 2. The lowest BCUT2D eigenvalue weighted by atomic mass is 10.2. The van der Waals surface area contributed by atoms with Crippen LogP contribution in [0.5, 0.6) is 0 Å². The van der Waals surface area contributed by atoms with Gasteiger partial charge in [-0.2, -0.15) is 5.10 Å². The molecule has 1 aliphatic heterocycles. The predicted octanol–water partition coefficient (Wildman–Crippen LogP) is 1.77. The Morgan fingerprint density at radius 2 is 2.08 bits per heavy atom. The van der Waals surface area contributed by atoms with Crippen molar-refractivity contribution in [2.45, 2.75) is 31.8 Å². The molecule has 3 N–H and O–H groups in total. The molecule has 2 heterocycles. The minimum absolute atomic E-state index is 0.0408. The van der Waals surface area contributed by atoms with Crippen LogP contribution >= 0.6 is 0 Å². The van der Waals surface area contributed by atoms with Crippen LogP contribution in [0.3, 0.4) is 0 Å². The molecule has 0 spiro atoms. The summed E-state index contributed by atoms with van der Waals surface area (Å²) in [4.78, 5) is 24.4. The van der Waals surface area contributed by atoms with E-state index in [1.807, 2.05) is 0 Å². The average Bonchev–Trinajstić information content (AvgIpc) is 3.28. The molecule has 24 heavy (non-hydrogen) atoms. The molecular weight excluding hydrogens is 306 g/mol. The highest BCUT2D eigenvalue weighted by Gasteiger charge is 2.22. The van der Waals surface area contributed by atoms with Crippen molar-refractivity contribution in [2.75, 3.05) is 17.2 Å².